The summed E-state index contributed by atoms with van der Waals surface area (Å²) < 4.78 is 0. The molecule has 150 valence electrons. The predicted molar refractivity (Wildman–Crippen MR) is 122 cm³/mol. The van der Waals surface area contributed by atoms with Crippen LogP contribution < -0.4 is 11.1 Å². The molecule has 0 saturated carbocycles. The molecule has 1 aliphatic heterocycles. The molecule has 0 spiro atoms. The van der Waals surface area contributed by atoms with Crippen molar-refractivity contribution in [3.05, 3.63) is 95.6 Å². The first-order valence-electron chi connectivity index (χ1n) is 10.4. The summed E-state index contributed by atoms with van der Waals surface area (Å²) in [5.74, 6) is 0. The number of nitrogens with two attached hydrogens (primary N) is 1. The highest BCUT2D eigenvalue weighted by Gasteiger charge is 2.26. The van der Waals surface area contributed by atoms with Gasteiger partial charge >= 0.3 is 0 Å². The third-order valence-electron chi connectivity index (χ3n) is 5.79. The average Bonchev–Trinajstić information content (AvgIpc) is 2.77. The molecule has 3 aromatic carbocycles. The molecule has 0 bridgehead atoms. The Balaban J connectivity index is 1.45. The molecule has 0 aromatic heterocycles. The second-order valence-electron chi connectivity index (χ2n) is 7.71. The molecule has 1 saturated heterocycles. The van der Waals surface area contributed by atoms with Gasteiger partial charge in [-0.25, -0.2) is 0 Å². The van der Waals surface area contributed by atoms with Crippen LogP contribution in [-0.4, -0.2) is 43.0 Å². The minimum absolute atomic E-state index is 0.310. The molecule has 1 aliphatic rings. The zero-order valence-corrected chi connectivity index (χ0v) is 17.1. The van der Waals surface area contributed by atoms with Gasteiger partial charge in [-0.3, -0.25) is 9.80 Å². The Morgan fingerprint density at radius 3 is 1.93 bits per heavy atom. The molecule has 0 atom stereocenters. The number of piperazine rings is 1. The van der Waals surface area contributed by atoms with Crippen molar-refractivity contribution in [3.63, 3.8) is 0 Å². The van der Waals surface area contributed by atoms with Crippen LogP contribution in [-0.2, 0) is 6.54 Å². The van der Waals surface area contributed by atoms with Crippen LogP contribution in [0.4, 0.5) is 11.4 Å². The lowest BCUT2D eigenvalue weighted by atomic mass is 9.96. The summed E-state index contributed by atoms with van der Waals surface area (Å²) in [6.45, 7) is 5.17. The maximum atomic E-state index is 6.14. The SMILES string of the molecule is CNc1ccc(CN2CCN(C(c3ccccc3)c3ccccc3)CC2)cc1N. The van der Waals surface area contributed by atoms with E-state index in [9.17, 15) is 0 Å². The molecule has 29 heavy (non-hydrogen) atoms. The number of nitrogens with one attached hydrogen (secondary N) is 1. The fraction of sp³-hybridized carbons (Fsp3) is 0.280. The normalized spacial score (nSPS) is 15.5. The van der Waals surface area contributed by atoms with Crippen molar-refractivity contribution in [2.75, 3.05) is 44.3 Å². The Bertz CT molecular complexity index is 863. The summed E-state index contributed by atoms with van der Waals surface area (Å²) in [6, 6.07) is 28.4. The first kappa shape index (κ1) is 19.5. The number of nitrogen functional groups attached to an aromatic ring is 1. The van der Waals surface area contributed by atoms with E-state index in [-0.39, 0.29) is 0 Å². The van der Waals surface area contributed by atoms with Gasteiger partial charge in [-0.2, -0.15) is 0 Å². The van der Waals surface area contributed by atoms with E-state index in [0.29, 0.717) is 6.04 Å². The Labute approximate surface area is 174 Å². The quantitative estimate of drug-likeness (QED) is 0.623. The standard InChI is InChI=1S/C25H30N4/c1-27-24-13-12-20(18-23(24)26)19-28-14-16-29(17-15-28)25(21-8-4-2-5-9-21)22-10-6-3-7-11-22/h2-13,18,25,27H,14-17,19,26H2,1H3. The van der Waals surface area contributed by atoms with Crippen LogP contribution in [0.25, 0.3) is 0 Å². The fourth-order valence-electron chi connectivity index (χ4n) is 4.26. The minimum atomic E-state index is 0.310. The smallest absolute Gasteiger partial charge is 0.0602 e. The van der Waals surface area contributed by atoms with Crippen LogP contribution in [0.5, 0.6) is 0 Å². The van der Waals surface area contributed by atoms with Crippen LogP contribution in [0, 0.1) is 0 Å². The topological polar surface area (TPSA) is 44.5 Å². The lowest BCUT2D eigenvalue weighted by Gasteiger charge is -2.40. The largest absolute Gasteiger partial charge is 0.397 e. The lowest BCUT2D eigenvalue weighted by Crippen LogP contribution is -2.47. The zero-order valence-electron chi connectivity index (χ0n) is 17.1. The van der Waals surface area contributed by atoms with E-state index in [4.69, 9.17) is 5.73 Å². The van der Waals surface area contributed by atoms with Crippen molar-refractivity contribution < 1.29 is 0 Å². The molecule has 0 radical (unpaired) electrons. The average molecular weight is 387 g/mol. The molecular weight excluding hydrogens is 356 g/mol. The van der Waals surface area contributed by atoms with Crippen LogP contribution in [0.2, 0.25) is 0 Å². The second kappa shape index (κ2) is 9.12. The van der Waals surface area contributed by atoms with E-state index in [1.807, 2.05) is 7.05 Å². The molecule has 1 heterocycles. The first-order valence-corrected chi connectivity index (χ1v) is 10.4. The van der Waals surface area contributed by atoms with Gasteiger partial charge in [0.05, 0.1) is 17.4 Å². The van der Waals surface area contributed by atoms with Crippen LogP contribution in [0.3, 0.4) is 0 Å². The predicted octanol–water partition coefficient (Wildman–Crippen LogP) is 4.22. The third-order valence-corrected chi connectivity index (χ3v) is 5.79. The van der Waals surface area contributed by atoms with E-state index in [1.54, 1.807) is 0 Å². The van der Waals surface area contributed by atoms with Crippen LogP contribution in [0.1, 0.15) is 22.7 Å². The maximum Gasteiger partial charge on any atom is 0.0602 e. The summed E-state index contributed by atoms with van der Waals surface area (Å²) in [7, 11) is 1.90. The molecule has 0 amide bonds. The molecule has 0 aliphatic carbocycles. The highest BCUT2D eigenvalue weighted by atomic mass is 15.3. The molecule has 0 unspecified atom stereocenters. The summed E-state index contributed by atoms with van der Waals surface area (Å²) in [4.78, 5) is 5.14. The first-order chi connectivity index (χ1) is 14.2. The van der Waals surface area contributed by atoms with Gasteiger partial charge in [-0.1, -0.05) is 66.7 Å². The zero-order chi connectivity index (χ0) is 20.1. The molecule has 3 N–H and O–H groups in total. The van der Waals surface area contributed by atoms with Crippen molar-refractivity contribution in [1.82, 2.24) is 9.80 Å². The van der Waals surface area contributed by atoms with E-state index < -0.39 is 0 Å². The van der Waals surface area contributed by atoms with Crippen molar-refractivity contribution in [1.29, 1.82) is 0 Å². The van der Waals surface area contributed by atoms with E-state index in [1.165, 1.54) is 16.7 Å². The number of hydrogen-bond donors (Lipinski definition) is 2. The van der Waals surface area contributed by atoms with Crippen molar-refractivity contribution in [2.24, 2.45) is 0 Å². The van der Waals surface area contributed by atoms with Gasteiger partial charge in [0.2, 0.25) is 0 Å². The Hall–Kier alpha value is -2.82. The summed E-state index contributed by atoms with van der Waals surface area (Å²) in [6.07, 6.45) is 0. The number of hydrogen-bond acceptors (Lipinski definition) is 4. The highest BCUT2D eigenvalue weighted by Crippen LogP contribution is 2.30. The van der Waals surface area contributed by atoms with E-state index in [2.05, 4.69) is 94.0 Å². The van der Waals surface area contributed by atoms with Crippen molar-refractivity contribution in [2.45, 2.75) is 12.6 Å². The van der Waals surface area contributed by atoms with Crippen LogP contribution in [0.15, 0.2) is 78.9 Å². The van der Waals surface area contributed by atoms with Crippen molar-refractivity contribution >= 4 is 11.4 Å². The van der Waals surface area contributed by atoms with Crippen molar-refractivity contribution in [3.8, 4) is 0 Å². The van der Waals surface area contributed by atoms with Crippen LogP contribution >= 0.6 is 0 Å². The lowest BCUT2D eigenvalue weighted by molar-refractivity contribution is 0.105. The summed E-state index contributed by atoms with van der Waals surface area (Å²) >= 11 is 0. The minimum Gasteiger partial charge on any atom is -0.397 e. The van der Waals surface area contributed by atoms with Gasteiger partial charge in [0.1, 0.15) is 0 Å². The number of rotatable bonds is 6. The summed E-state index contributed by atoms with van der Waals surface area (Å²) in [5, 5.41) is 3.13. The van der Waals surface area contributed by atoms with Gasteiger partial charge < -0.3 is 11.1 Å². The van der Waals surface area contributed by atoms with Gasteiger partial charge in [0, 0.05) is 39.8 Å². The number of benzene rings is 3. The molecule has 3 aromatic rings. The molecule has 4 heteroatoms. The van der Waals surface area contributed by atoms with E-state index in [0.717, 1.165) is 44.1 Å². The van der Waals surface area contributed by atoms with Gasteiger partial charge in [-0.15, -0.1) is 0 Å². The third kappa shape index (κ3) is 4.61. The Morgan fingerprint density at radius 1 is 0.828 bits per heavy atom. The number of nitrogens with zero attached hydrogens (tertiary/aromatic N) is 2. The second-order valence-corrected chi connectivity index (χ2v) is 7.71. The molecular formula is C25H30N4. The monoisotopic (exact) mass is 386 g/mol. The fourth-order valence-corrected chi connectivity index (χ4v) is 4.26. The van der Waals surface area contributed by atoms with Gasteiger partial charge in [-0.05, 0) is 28.8 Å². The molecule has 1 fully saturated rings. The maximum absolute atomic E-state index is 6.14. The number of anilines is 2. The molecule has 4 rings (SSSR count). The van der Waals surface area contributed by atoms with Gasteiger partial charge in [0.25, 0.3) is 0 Å². The van der Waals surface area contributed by atoms with E-state index >= 15 is 0 Å². The summed E-state index contributed by atoms with van der Waals surface area (Å²) in [5.41, 5.74) is 12.0. The molecule has 4 nitrogen and oxygen atoms in total. The highest BCUT2D eigenvalue weighted by molar-refractivity contribution is 5.66. The Morgan fingerprint density at radius 2 is 1.41 bits per heavy atom. The van der Waals surface area contributed by atoms with Gasteiger partial charge in [0.15, 0.2) is 0 Å². The Kier molecular flexibility index (Phi) is 6.13.